The van der Waals surface area contributed by atoms with Gasteiger partial charge >= 0.3 is 5.97 Å². The number of H-pyrrole nitrogens is 2. The van der Waals surface area contributed by atoms with E-state index in [0.717, 1.165) is 16.5 Å². The fraction of sp³-hybridized carbons (Fsp3) is 0.333. The zero-order valence-corrected chi connectivity index (χ0v) is 21.6. The number of nitrogens with zero attached hydrogens (tertiary/aromatic N) is 1. The quantitative estimate of drug-likeness (QED) is 0.104. The van der Waals surface area contributed by atoms with Gasteiger partial charge in [-0.15, -0.1) is 0 Å². The number of carboxylic acid groups (broad SMARTS) is 1. The summed E-state index contributed by atoms with van der Waals surface area (Å²) in [5.41, 5.74) is 13.4. The Hall–Kier alpha value is -4.37. The first-order valence-corrected chi connectivity index (χ1v) is 12.5. The van der Waals surface area contributed by atoms with Crippen LogP contribution in [0.25, 0.3) is 10.9 Å². The summed E-state index contributed by atoms with van der Waals surface area (Å²) >= 11 is 4.15. The van der Waals surface area contributed by atoms with E-state index in [-0.39, 0.29) is 18.6 Å². The predicted molar refractivity (Wildman–Crippen MR) is 143 cm³/mol. The third-order valence-corrected chi connectivity index (χ3v) is 6.26. The number of amides is 4. The molecule has 0 saturated carbocycles. The molecule has 208 valence electrons. The molecular formula is C24H30N8O6S. The molecule has 39 heavy (non-hydrogen) atoms. The molecule has 0 fully saturated rings. The highest BCUT2D eigenvalue weighted by molar-refractivity contribution is 7.80. The zero-order chi connectivity index (χ0) is 28.5. The molecule has 15 heteroatoms. The van der Waals surface area contributed by atoms with Crippen LogP contribution in [0.5, 0.6) is 0 Å². The van der Waals surface area contributed by atoms with Crippen molar-refractivity contribution >= 4 is 53.1 Å². The van der Waals surface area contributed by atoms with Gasteiger partial charge < -0.3 is 42.5 Å². The highest BCUT2D eigenvalue weighted by atomic mass is 32.1. The van der Waals surface area contributed by atoms with Crippen LogP contribution in [0.2, 0.25) is 0 Å². The molecule has 0 saturated heterocycles. The number of thiol groups is 1. The monoisotopic (exact) mass is 558 g/mol. The Kier molecular flexibility index (Phi) is 10.1. The molecule has 1 aromatic carbocycles. The van der Waals surface area contributed by atoms with E-state index in [1.807, 2.05) is 24.3 Å². The second-order valence-electron chi connectivity index (χ2n) is 8.83. The van der Waals surface area contributed by atoms with Crippen molar-refractivity contribution in [2.75, 3.05) is 5.75 Å². The van der Waals surface area contributed by atoms with E-state index in [9.17, 15) is 29.1 Å². The number of aromatic nitrogens is 3. The van der Waals surface area contributed by atoms with Crippen molar-refractivity contribution in [2.45, 2.75) is 43.4 Å². The van der Waals surface area contributed by atoms with Crippen LogP contribution in [-0.4, -0.2) is 79.6 Å². The molecule has 4 amide bonds. The molecule has 4 atom stereocenters. The number of aliphatic carboxylic acids is 1. The molecule has 0 radical (unpaired) electrons. The molecule has 3 aromatic rings. The average molecular weight is 559 g/mol. The van der Waals surface area contributed by atoms with Crippen LogP contribution in [0.4, 0.5) is 0 Å². The van der Waals surface area contributed by atoms with Crippen molar-refractivity contribution in [3.05, 3.63) is 54.2 Å². The molecule has 0 aliphatic rings. The number of imidazole rings is 1. The van der Waals surface area contributed by atoms with Gasteiger partial charge in [0.05, 0.1) is 18.8 Å². The number of aromatic amines is 2. The van der Waals surface area contributed by atoms with Gasteiger partial charge in [0.15, 0.2) is 0 Å². The third-order valence-electron chi connectivity index (χ3n) is 5.90. The minimum absolute atomic E-state index is 0.0895. The first-order chi connectivity index (χ1) is 18.6. The summed E-state index contributed by atoms with van der Waals surface area (Å²) in [5, 5.41) is 17.5. The standard InChI is InChI=1S/C24H30N8O6S/c25-15(5-12-8-28-16-4-2-1-3-14(12)16)21(34)32-19(10-39)23(36)30-17(6-13-9-27-11-29-13)22(35)31-18(24(37)38)7-20(26)33/h1-4,8-9,11,15,17-19,28,39H,5-7,10,25H2,(H2,26,33)(H,27,29)(H,30,36)(H,31,35)(H,32,34)(H,37,38). The first-order valence-electron chi connectivity index (χ1n) is 11.9. The fourth-order valence-corrected chi connectivity index (χ4v) is 4.13. The van der Waals surface area contributed by atoms with E-state index in [4.69, 9.17) is 11.5 Å². The zero-order valence-electron chi connectivity index (χ0n) is 20.7. The molecule has 0 bridgehead atoms. The highest BCUT2D eigenvalue weighted by Gasteiger charge is 2.31. The van der Waals surface area contributed by atoms with Crippen molar-refractivity contribution in [3.63, 3.8) is 0 Å². The molecule has 0 aliphatic carbocycles. The Morgan fingerprint density at radius 1 is 0.949 bits per heavy atom. The number of fused-ring (bicyclic) bond motifs is 1. The van der Waals surface area contributed by atoms with Gasteiger partial charge in [-0.05, 0) is 18.1 Å². The van der Waals surface area contributed by atoms with Crippen molar-refractivity contribution in [1.82, 2.24) is 30.9 Å². The lowest BCUT2D eigenvalue weighted by molar-refractivity contribution is -0.143. The molecule has 4 unspecified atom stereocenters. The molecule has 0 aliphatic heterocycles. The van der Waals surface area contributed by atoms with Crippen molar-refractivity contribution in [3.8, 4) is 0 Å². The Morgan fingerprint density at radius 3 is 2.26 bits per heavy atom. The van der Waals surface area contributed by atoms with Crippen LogP contribution in [0, 0.1) is 0 Å². The van der Waals surface area contributed by atoms with Gasteiger partial charge in [-0.3, -0.25) is 19.2 Å². The normalized spacial score (nSPS) is 14.1. The predicted octanol–water partition coefficient (Wildman–Crippen LogP) is -1.65. The Morgan fingerprint density at radius 2 is 1.62 bits per heavy atom. The molecule has 10 N–H and O–H groups in total. The number of hydrogen-bond donors (Lipinski definition) is 9. The van der Waals surface area contributed by atoms with E-state index in [1.54, 1.807) is 6.20 Å². The Labute approximate surface area is 228 Å². The molecule has 0 spiro atoms. The number of carbonyl (C=O) groups is 5. The summed E-state index contributed by atoms with van der Waals surface area (Å²) in [7, 11) is 0. The second kappa shape index (κ2) is 13.4. The number of hydrogen-bond acceptors (Lipinski definition) is 8. The summed E-state index contributed by atoms with van der Waals surface area (Å²) in [6.07, 6.45) is 4.03. The van der Waals surface area contributed by atoms with E-state index in [1.165, 1.54) is 12.5 Å². The number of carbonyl (C=O) groups excluding carboxylic acids is 4. The summed E-state index contributed by atoms with van der Waals surface area (Å²) in [5.74, 6) is -4.76. The maximum Gasteiger partial charge on any atom is 0.326 e. The summed E-state index contributed by atoms with van der Waals surface area (Å²) in [6.45, 7) is 0. The molecule has 2 aromatic heterocycles. The number of para-hydroxylation sites is 1. The third kappa shape index (κ3) is 8.05. The SMILES string of the molecule is NC(=O)CC(NC(=O)C(Cc1cnc[nH]1)NC(=O)C(CS)NC(=O)C(N)Cc1c[nH]c2ccccc12)C(=O)O. The lowest BCUT2D eigenvalue weighted by Crippen LogP contribution is -2.58. The van der Waals surface area contributed by atoms with Crippen LogP contribution >= 0.6 is 12.6 Å². The largest absolute Gasteiger partial charge is 0.480 e. The van der Waals surface area contributed by atoms with Gasteiger partial charge in [0.2, 0.25) is 23.6 Å². The number of rotatable bonds is 14. The van der Waals surface area contributed by atoms with E-state index >= 15 is 0 Å². The van der Waals surface area contributed by atoms with Crippen LogP contribution in [0.3, 0.4) is 0 Å². The van der Waals surface area contributed by atoms with Gasteiger partial charge in [0.1, 0.15) is 18.1 Å². The van der Waals surface area contributed by atoms with E-state index in [2.05, 4.69) is 43.5 Å². The van der Waals surface area contributed by atoms with Crippen molar-refractivity contribution < 1.29 is 29.1 Å². The smallest absolute Gasteiger partial charge is 0.326 e. The van der Waals surface area contributed by atoms with E-state index in [0.29, 0.717) is 5.69 Å². The van der Waals surface area contributed by atoms with Gasteiger partial charge in [-0.25, -0.2) is 9.78 Å². The first kappa shape index (κ1) is 29.2. The number of primary amides is 1. The topological polar surface area (TPSA) is 238 Å². The van der Waals surface area contributed by atoms with Crippen LogP contribution in [-0.2, 0) is 36.8 Å². The Bertz CT molecular complexity index is 1330. The number of nitrogens with two attached hydrogens (primary N) is 2. The summed E-state index contributed by atoms with van der Waals surface area (Å²) < 4.78 is 0. The molecule has 3 rings (SSSR count). The van der Waals surface area contributed by atoms with Gasteiger partial charge in [0.25, 0.3) is 0 Å². The second-order valence-corrected chi connectivity index (χ2v) is 9.19. The Balaban J connectivity index is 1.67. The lowest BCUT2D eigenvalue weighted by Gasteiger charge is -2.24. The average Bonchev–Trinajstić information content (AvgIpc) is 3.56. The van der Waals surface area contributed by atoms with Crippen LogP contribution in [0.15, 0.2) is 43.0 Å². The number of nitrogens with one attached hydrogen (secondary N) is 5. The minimum Gasteiger partial charge on any atom is -0.480 e. The van der Waals surface area contributed by atoms with Crippen LogP contribution in [0.1, 0.15) is 17.7 Å². The molecule has 2 heterocycles. The minimum atomic E-state index is -1.60. The van der Waals surface area contributed by atoms with Crippen molar-refractivity contribution in [1.29, 1.82) is 0 Å². The van der Waals surface area contributed by atoms with Gasteiger partial charge in [-0.1, -0.05) is 18.2 Å². The fourth-order valence-electron chi connectivity index (χ4n) is 3.87. The maximum atomic E-state index is 13.0. The van der Waals surface area contributed by atoms with Crippen LogP contribution < -0.4 is 27.4 Å². The van der Waals surface area contributed by atoms with E-state index < -0.39 is 60.2 Å². The maximum absolute atomic E-state index is 13.0. The van der Waals surface area contributed by atoms with Gasteiger partial charge in [-0.2, -0.15) is 12.6 Å². The number of carboxylic acids is 1. The summed E-state index contributed by atoms with van der Waals surface area (Å²) in [6, 6.07) is 2.53. The summed E-state index contributed by atoms with van der Waals surface area (Å²) in [4.78, 5) is 71.2. The van der Waals surface area contributed by atoms with Crippen molar-refractivity contribution in [2.24, 2.45) is 11.5 Å². The molecular weight excluding hydrogens is 528 g/mol. The number of benzene rings is 1. The molecule has 14 nitrogen and oxygen atoms in total. The van der Waals surface area contributed by atoms with Gasteiger partial charge in [0, 0.05) is 41.2 Å². The lowest BCUT2D eigenvalue weighted by atomic mass is 10.0. The highest BCUT2D eigenvalue weighted by Crippen LogP contribution is 2.18.